The third-order valence-electron chi connectivity index (χ3n) is 4.08. The number of esters is 1. The van der Waals surface area contributed by atoms with E-state index >= 15 is 0 Å². The summed E-state index contributed by atoms with van der Waals surface area (Å²) in [5, 5.41) is 2.69. The fraction of sp³-hybridized carbons (Fsp3) is 0.250. The first-order valence-corrected chi connectivity index (χ1v) is 8.58. The number of aryl methyl sites for hydroxylation is 1. The van der Waals surface area contributed by atoms with E-state index in [9.17, 15) is 9.59 Å². The van der Waals surface area contributed by atoms with E-state index < -0.39 is 0 Å². The van der Waals surface area contributed by atoms with Crippen molar-refractivity contribution in [1.29, 1.82) is 0 Å². The summed E-state index contributed by atoms with van der Waals surface area (Å²) in [7, 11) is 1.31. The van der Waals surface area contributed by atoms with Crippen molar-refractivity contribution in [3.05, 3.63) is 65.6 Å². The molecule has 1 amide bonds. The van der Waals surface area contributed by atoms with E-state index in [4.69, 9.17) is 4.74 Å². The number of amides is 1. The van der Waals surface area contributed by atoms with Gasteiger partial charge in [-0.2, -0.15) is 0 Å². The molecule has 0 aliphatic heterocycles. The van der Waals surface area contributed by atoms with E-state index in [2.05, 4.69) is 15.0 Å². The van der Waals surface area contributed by atoms with Crippen molar-refractivity contribution >= 4 is 17.5 Å². The van der Waals surface area contributed by atoms with Crippen LogP contribution in [-0.4, -0.2) is 34.9 Å². The normalized spacial score (nSPS) is 10.6. The predicted molar refractivity (Wildman–Crippen MR) is 99.7 cm³/mol. The summed E-state index contributed by atoms with van der Waals surface area (Å²) in [6, 6.07) is 10.9. The predicted octanol–water partition coefficient (Wildman–Crippen LogP) is 2.51. The molecule has 0 spiro atoms. The molecule has 0 bridgehead atoms. The number of aromatic nitrogens is 2. The van der Waals surface area contributed by atoms with E-state index in [1.165, 1.54) is 7.11 Å². The van der Waals surface area contributed by atoms with Crippen LogP contribution in [0, 0.1) is 6.92 Å². The van der Waals surface area contributed by atoms with Gasteiger partial charge in [-0.05, 0) is 30.7 Å². The van der Waals surface area contributed by atoms with Gasteiger partial charge in [0.25, 0.3) is 5.91 Å². The molecule has 7 heteroatoms. The minimum atomic E-state index is -0.373. The molecule has 27 heavy (non-hydrogen) atoms. The van der Waals surface area contributed by atoms with Gasteiger partial charge in [0.05, 0.1) is 24.8 Å². The molecule has 2 aromatic heterocycles. The van der Waals surface area contributed by atoms with Gasteiger partial charge in [-0.25, -0.2) is 4.98 Å². The van der Waals surface area contributed by atoms with Gasteiger partial charge in [0.15, 0.2) is 0 Å². The van der Waals surface area contributed by atoms with Crippen LogP contribution in [0.25, 0.3) is 5.65 Å². The van der Waals surface area contributed by atoms with Crippen LogP contribution in [0.3, 0.4) is 0 Å². The highest BCUT2D eigenvalue weighted by Crippen LogP contribution is 2.20. The van der Waals surface area contributed by atoms with Crippen molar-refractivity contribution in [1.82, 2.24) is 14.7 Å². The van der Waals surface area contributed by atoms with Crippen LogP contribution in [0.15, 0.2) is 48.8 Å². The molecule has 0 aliphatic rings. The number of rotatable bonds is 7. The van der Waals surface area contributed by atoms with Crippen LogP contribution < -0.4 is 10.1 Å². The first-order chi connectivity index (χ1) is 13.1. The van der Waals surface area contributed by atoms with Crippen molar-refractivity contribution in [3.63, 3.8) is 0 Å². The highest BCUT2D eigenvalue weighted by Gasteiger charge is 2.13. The molecule has 0 fully saturated rings. The number of hydrogen-bond acceptors (Lipinski definition) is 5. The Balaban J connectivity index is 1.67. The zero-order valence-corrected chi connectivity index (χ0v) is 15.3. The number of carbonyl (C=O) groups is 2. The quantitative estimate of drug-likeness (QED) is 0.649. The molecular weight excluding hydrogens is 346 g/mol. The van der Waals surface area contributed by atoms with Crippen molar-refractivity contribution in [2.24, 2.45) is 0 Å². The van der Waals surface area contributed by atoms with Gasteiger partial charge in [0, 0.05) is 18.9 Å². The van der Waals surface area contributed by atoms with E-state index in [1.807, 2.05) is 35.9 Å². The zero-order chi connectivity index (χ0) is 19.2. The van der Waals surface area contributed by atoms with Crippen LogP contribution in [0.2, 0.25) is 0 Å². The van der Waals surface area contributed by atoms with Crippen molar-refractivity contribution < 1.29 is 19.1 Å². The van der Waals surface area contributed by atoms with Crippen LogP contribution >= 0.6 is 0 Å². The number of fused-ring (bicyclic) bond motifs is 1. The Morgan fingerprint density at radius 1 is 1.19 bits per heavy atom. The first-order valence-electron chi connectivity index (χ1n) is 8.58. The molecule has 0 radical (unpaired) electrons. The number of methoxy groups -OCH3 is 1. The van der Waals surface area contributed by atoms with Gasteiger partial charge >= 0.3 is 5.97 Å². The lowest BCUT2D eigenvalue weighted by molar-refractivity contribution is -0.140. The van der Waals surface area contributed by atoms with Gasteiger partial charge in [0.1, 0.15) is 18.0 Å². The highest BCUT2D eigenvalue weighted by atomic mass is 16.5. The Kier molecular flexibility index (Phi) is 5.71. The van der Waals surface area contributed by atoms with E-state index in [0.29, 0.717) is 11.3 Å². The van der Waals surface area contributed by atoms with Crippen molar-refractivity contribution in [2.75, 3.05) is 13.7 Å². The summed E-state index contributed by atoms with van der Waals surface area (Å²) in [6.45, 7) is 2.44. The molecular formula is C20H21N3O4. The minimum Gasteiger partial charge on any atom is -0.486 e. The van der Waals surface area contributed by atoms with Gasteiger partial charge in [-0.3, -0.25) is 9.59 Å². The van der Waals surface area contributed by atoms with Gasteiger partial charge < -0.3 is 19.2 Å². The summed E-state index contributed by atoms with van der Waals surface area (Å²) >= 11 is 0. The monoisotopic (exact) mass is 367 g/mol. The second-order valence-electron chi connectivity index (χ2n) is 6.02. The summed E-state index contributed by atoms with van der Waals surface area (Å²) in [5.41, 5.74) is 3.13. The van der Waals surface area contributed by atoms with Crippen LogP contribution in [0.1, 0.15) is 28.0 Å². The van der Waals surface area contributed by atoms with Gasteiger partial charge in [-0.15, -0.1) is 0 Å². The topological polar surface area (TPSA) is 81.9 Å². The molecule has 1 N–H and O–H groups in total. The molecule has 0 saturated heterocycles. The molecule has 1 aromatic carbocycles. The average molecular weight is 367 g/mol. The maximum absolute atomic E-state index is 12.4. The van der Waals surface area contributed by atoms with E-state index in [-0.39, 0.29) is 31.4 Å². The number of para-hydroxylation sites is 1. The number of ether oxygens (including phenoxy) is 2. The van der Waals surface area contributed by atoms with Gasteiger partial charge in [-0.1, -0.05) is 18.2 Å². The highest BCUT2D eigenvalue weighted by molar-refractivity contribution is 5.97. The number of benzene rings is 1. The molecule has 0 aliphatic carbocycles. The molecule has 7 nitrogen and oxygen atoms in total. The van der Waals surface area contributed by atoms with Crippen molar-refractivity contribution in [3.8, 4) is 5.75 Å². The number of carbonyl (C=O) groups excluding carboxylic acids is 2. The second-order valence-corrected chi connectivity index (χ2v) is 6.02. The maximum atomic E-state index is 12.4. The molecule has 0 atom stereocenters. The Hall–Kier alpha value is -3.35. The molecule has 2 heterocycles. The number of nitrogens with one attached hydrogen (secondary N) is 1. The third-order valence-corrected chi connectivity index (χ3v) is 4.08. The molecule has 140 valence electrons. The standard InChI is InChI=1S/C20H21N3O4/c1-14-6-5-11-23-12-15(22-19(14)23)13-27-17-8-4-3-7-16(17)20(25)21-10-9-18(24)26-2/h3-8,11-12H,9-10,13H2,1-2H3,(H,21,25). The van der Waals surface area contributed by atoms with Gasteiger partial charge in [0.2, 0.25) is 0 Å². The number of imidazole rings is 1. The Labute approximate surface area is 156 Å². The largest absolute Gasteiger partial charge is 0.486 e. The van der Waals surface area contributed by atoms with Crippen LogP contribution in [-0.2, 0) is 16.1 Å². The second kappa shape index (κ2) is 8.35. The number of hydrogen-bond donors (Lipinski definition) is 1. The summed E-state index contributed by atoms with van der Waals surface area (Å²) < 4.78 is 12.3. The molecule has 0 unspecified atom stereocenters. The SMILES string of the molecule is COC(=O)CCNC(=O)c1ccccc1OCc1cn2cccc(C)c2n1. The summed E-state index contributed by atoms with van der Waals surface area (Å²) in [4.78, 5) is 28.1. The Morgan fingerprint density at radius 3 is 2.78 bits per heavy atom. The maximum Gasteiger partial charge on any atom is 0.307 e. The smallest absolute Gasteiger partial charge is 0.307 e. The fourth-order valence-electron chi connectivity index (χ4n) is 2.68. The molecule has 0 saturated carbocycles. The Bertz CT molecular complexity index is 965. The summed E-state index contributed by atoms with van der Waals surface area (Å²) in [6.07, 6.45) is 3.95. The lowest BCUT2D eigenvalue weighted by atomic mass is 10.2. The minimum absolute atomic E-state index is 0.117. The van der Waals surface area contributed by atoms with Crippen molar-refractivity contribution in [2.45, 2.75) is 20.0 Å². The summed E-state index contributed by atoms with van der Waals surface area (Å²) in [5.74, 6) is -0.218. The molecule has 3 rings (SSSR count). The fourth-order valence-corrected chi connectivity index (χ4v) is 2.68. The van der Waals surface area contributed by atoms with Crippen LogP contribution in [0.4, 0.5) is 0 Å². The van der Waals surface area contributed by atoms with Crippen LogP contribution in [0.5, 0.6) is 5.75 Å². The Morgan fingerprint density at radius 2 is 2.00 bits per heavy atom. The first kappa shape index (κ1) is 18.4. The lowest BCUT2D eigenvalue weighted by Gasteiger charge is -2.10. The lowest BCUT2D eigenvalue weighted by Crippen LogP contribution is -2.26. The third kappa shape index (κ3) is 4.44. The van der Waals surface area contributed by atoms with E-state index in [0.717, 1.165) is 16.9 Å². The molecule has 3 aromatic rings. The zero-order valence-electron chi connectivity index (χ0n) is 15.3. The van der Waals surface area contributed by atoms with E-state index in [1.54, 1.807) is 24.3 Å². The number of pyridine rings is 1. The number of nitrogens with zero attached hydrogens (tertiary/aromatic N) is 2. The average Bonchev–Trinajstić information content (AvgIpc) is 3.11.